The molecule has 3 aromatic rings. The van der Waals surface area contributed by atoms with E-state index in [9.17, 15) is 19.5 Å². The molecule has 242 valence electrons. The molecule has 8 nitrogen and oxygen atoms in total. The minimum atomic E-state index is -1.07. The van der Waals surface area contributed by atoms with Crippen LogP contribution in [0.4, 0.5) is 4.79 Å². The van der Waals surface area contributed by atoms with Crippen molar-refractivity contribution in [3.8, 4) is 0 Å². The van der Waals surface area contributed by atoms with Gasteiger partial charge in [-0.2, -0.15) is 4.90 Å². The van der Waals surface area contributed by atoms with Crippen molar-refractivity contribution in [2.75, 3.05) is 0 Å². The molecule has 3 aromatic carbocycles. The Balaban J connectivity index is 1.95. The summed E-state index contributed by atoms with van der Waals surface area (Å²) < 4.78 is 5.62. The normalized spacial score (nSPS) is 14.3. The molecule has 0 radical (unpaired) electrons. The Labute approximate surface area is 268 Å². The van der Waals surface area contributed by atoms with Gasteiger partial charge in [-0.15, -0.1) is 0 Å². The van der Waals surface area contributed by atoms with E-state index in [4.69, 9.17) is 10.5 Å². The molecule has 3 rings (SSSR count). The van der Waals surface area contributed by atoms with Gasteiger partial charge in [0.2, 0.25) is 5.91 Å². The molecule has 0 saturated carbocycles. The number of nitrogens with two attached hydrogens (primary N) is 1. The van der Waals surface area contributed by atoms with Gasteiger partial charge in [0.1, 0.15) is 5.60 Å². The molecule has 0 aliphatic heterocycles. The van der Waals surface area contributed by atoms with E-state index < -0.39 is 47.6 Å². The fourth-order valence-electron chi connectivity index (χ4n) is 5.17. The molecular formula is C37H49N3O5. The van der Waals surface area contributed by atoms with Crippen LogP contribution >= 0.6 is 0 Å². The lowest BCUT2D eigenvalue weighted by Gasteiger charge is -2.32. The van der Waals surface area contributed by atoms with Crippen molar-refractivity contribution in [2.24, 2.45) is 17.6 Å². The first-order chi connectivity index (χ1) is 21.3. The number of benzene rings is 3. The molecule has 0 unspecified atom stereocenters. The van der Waals surface area contributed by atoms with Gasteiger partial charge in [-0.1, -0.05) is 105 Å². The highest BCUT2D eigenvalue weighted by molar-refractivity contribution is 6.11. The summed E-state index contributed by atoms with van der Waals surface area (Å²) in [4.78, 5) is 43.0. The van der Waals surface area contributed by atoms with Crippen LogP contribution in [0.25, 0.3) is 0 Å². The Kier molecular flexibility index (Phi) is 13.5. The average Bonchev–Trinajstić information content (AvgIpc) is 2.99. The van der Waals surface area contributed by atoms with Crippen LogP contribution in [0.2, 0.25) is 0 Å². The van der Waals surface area contributed by atoms with Crippen molar-refractivity contribution in [1.29, 1.82) is 0 Å². The smallest absolute Gasteiger partial charge is 0.424 e. The monoisotopic (exact) mass is 615 g/mol. The van der Waals surface area contributed by atoms with E-state index in [1.165, 1.54) is 0 Å². The summed E-state index contributed by atoms with van der Waals surface area (Å²) in [6, 6.07) is 27.0. The lowest BCUT2D eigenvalue weighted by atomic mass is 9.88. The van der Waals surface area contributed by atoms with Crippen LogP contribution in [0.15, 0.2) is 91.0 Å². The van der Waals surface area contributed by atoms with Gasteiger partial charge in [0.05, 0.1) is 12.1 Å². The Bertz CT molecular complexity index is 1340. The van der Waals surface area contributed by atoms with Gasteiger partial charge < -0.3 is 20.9 Å². The molecule has 4 N–H and O–H groups in total. The van der Waals surface area contributed by atoms with Gasteiger partial charge in [0, 0.05) is 18.5 Å². The summed E-state index contributed by atoms with van der Waals surface area (Å²) in [6.07, 6.45) is -1.14. The first kappa shape index (κ1) is 35.6. The first-order valence-electron chi connectivity index (χ1n) is 15.7. The molecular weight excluding hydrogens is 566 g/mol. The standard InChI is InChI=1S/C37H49N3O5/c1-26(2)21-32(39-25-29-19-13-8-14-20-29)35(43)40(36(44)45-37(3,4)5)34(42)30(22-27-15-9-6-10-16-27)24-33(41)31(38)23-28-17-11-7-12-18-28/h6-20,26,30-33,39,41H,21-25,38H2,1-5H3/t30-,31+,32+,33+/m1/s1. The molecule has 0 aromatic heterocycles. The summed E-state index contributed by atoms with van der Waals surface area (Å²) in [6.45, 7) is 9.39. The third kappa shape index (κ3) is 11.9. The Morgan fingerprint density at radius 2 is 1.27 bits per heavy atom. The van der Waals surface area contributed by atoms with Gasteiger partial charge in [0.15, 0.2) is 0 Å². The van der Waals surface area contributed by atoms with Crippen molar-refractivity contribution >= 4 is 17.9 Å². The highest BCUT2D eigenvalue weighted by Crippen LogP contribution is 2.23. The molecule has 0 bridgehead atoms. The highest BCUT2D eigenvalue weighted by Gasteiger charge is 2.41. The van der Waals surface area contributed by atoms with Gasteiger partial charge in [0.25, 0.3) is 5.91 Å². The second-order valence-corrected chi connectivity index (χ2v) is 13.1. The number of ether oxygens (including phenoxy) is 1. The quantitative estimate of drug-likeness (QED) is 0.214. The minimum Gasteiger partial charge on any atom is -0.443 e. The molecule has 0 heterocycles. The largest absolute Gasteiger partial charge is 0.443 e. The number of aliphatic hydroxyl groups is 1. The lowest BCUT2D eigenvalue weighted by molar-refractivity contribution is -0.148. The van der Waals surface area contributed by atoms with Crippen LogP contribution in [-0.4, -0.2) is 51.7 Å². The molecule has 0 spiro atoms. The number of aliphatic hydroxyl groups excluding tert-OH is 1. The number of hydrogen-bond acceptors (Lipinski definition) is 7. The van der Waals surface area contributed by atoms with E-state index in [1.807, 2.05) is 105 Å². The van der Waals surface area contributed by atoms with Gasteiger partial charge in [-0.05, 0) is 69.1 Å². The van der Waals surface area contributed by atoms with E-state index in [1.54, 1.807) is 20.8 Å². The van der Waals surface area contributed by atoms with Crippen molar-refractivity contribution in [3.63, 3.8) is 0 Å². The van der Waals surface area contributed by atoms with Crippen LogP contribution in [0.5, 0.6) is 0 Å². The molecule has 45 heavy (non-hydrogen) atoms. The summed E-state index contributed by atoms with van der Waals surface area (Å²) in [5.74, 6) is -2.23. The van der Waals surface area contributed by atoms with E-state index in [0.717, 1.165) is 16.7 Å². The summed E-state index contributed by atoms with van der Waals surface area (Å²) in [5, 5.41) is 14.5. The lowest BCUT2D eigenvalue weighted by Crippen LogP contribution is -2.55. The predicted molar refractivity (Wildman–Crippen MR) is 177 cm³/mol. The predicted octanol–water partition coefficient (Wildman–Crippen LogP) is 5.66. The van der Waals surface area contributed by atoms with E-state index in [2.05, 4.69) is 5.32 Å². The van der Waals surface area contributed by atoms with E-state index >= 15 is 0 Å². The number of amides is 3. The fourth-order valence-corrected chi connectivity index (χ4v) is 5.17. The van der Waals surface area contributed by atoms with Crippen molar-refractivity contribution in [3.05, 3.63) is 108 Å². The molecule has 4 atom stereocenters. The zero-order chi connectivity index (χ0) is 33.0. The SMILES string of the molecule is CC(C)C[C@H](NCc1ccccc1)C(=O)N(C(=O)OC(C)(C)C)C(=O)[C@H](Cc1ccccc1)C[C@H](O)[C@@H](N)Cc1ccccc1. The summed E-state index contributed by atoms with van der Waals surface area (Å²) in [7, 11) is 0. The topological polar surface area (TPSA) is 122 Å². The second-order valence-electron chi connectivity index (χ2n) is 13.1. The highest BCUT2D eigenvalue weighted by atomic mass is 16.6. The first-order valence-corrected chi connectivity index (χ1v) is 15.7. The number of nitrogens with one attached hydrogen (secondary N) is 1. The Morgan fingerprint density at radius 1 is 0.778 bits per heavy atom. The number of nitrogens with zero attached hydrogens (tertiary/aromatic N) is 1. The number of imide groups is 3. The second kappa shape index (κ2) is 17.0. The number of carbonyl (C=O) groups is 3. The molecule has 3 amide bonds. The third-order valence-corrected chi connectivity index (χ3v) is 7.43. The van der Waals surface area contributed by atoms with Gasteiger partial charge in [-0.3, -0.25) is 9.59 Å². The maximum Gasteiger partial charge on any atom is 0.424 e. The van der Waals surface area contributed by atoms with Crippen molar-refractivity contribution in [2.45, 2.75) is 90.6 Å². The minimum absolute atomic E-state index is 0.0411. The maximum absolute atomic E-state index is 14.4. The van der Waals surface area contributed by atoms with Crippen molar-refractivity contribution < 1.29 is 24.2 Å². The van der Waals surface area contributed by atoms with Gasteiger partial charge >= 0.3 is 6.09 Å². The third-order valence-electron chi connectivity index (χ3n) is 7.43. The van der Waals surface area contributed by atoms with Crippen molar-refractivity contribution in [1.82, 2.24) is 10.2 Å². The van der Waals surface area contributed by atoms with Crippen LogP contribution in [0.1, 0.15) is 64.2 Å². The van der Waals surface area contributed by atoms with E-state index in [-0.39, 0.29) is 18.8 Å². The molecule has 0 aliphatic rings. The molecule has 0 fully saturated rings. The average molecular weight is 616 g/mol. The Morgan fingerprint density at radius 3 is 1.76 bits per heavy atom. The number of carbonyl (C=O) groups excluding carboxylic acids is 3. The van der Waals surface area contributed by atoms with E-state index in [0.29, 0.717) is 24.3 Å². The van der Waals surface area contributed by atoms with Gasteiger partial charge in [-0.25, -0.2) is 4.79 Å². The van der Waals surface area contributed by atoms with Crippen LogP contribution in [0, 0.1) is 11.8 Å². The fraction of sp³-hybridized carbons (Fsp3) is 0.432. The molecule has 0 aliphatic carbocycles. The van der Waals surface area contributed by atoms with Crippen LogP contribution in [-0.2, 0) is 33.7 Å². The zero-order valence-electron chi connectivity index (χ0n) is 27.2. The molecule has 8 heteroatoms. The van der Waals surface area contributed by atoms with Crippen LogP contribution < -0.4 is 11.1 Å². The Hall–Kier alpha value is -3.85. The maximum atomic E-state index is 14.4. The number of rotatable bonds is 14. The summed E-state index contributed by atoms with van der Waals surface area (Å²) >= 11 is 0. The number of hydrogen-bond donors (Lipinski definition) is 3. The van der Waals surface area contributed by atoms with Crippen LogP contribution in [0.3, 0.4) is 0 Å². The zero-order valence-corrected chi connectivity index (χ0v) is 27.2. The molecule has 0 saturated heterocycles. The summed E-state index contributed by atoms with van der Waals surface area (Å²) in [5.41, 5.74) is 8.23.